The summed E-state index contributed by atoms with van der Waals surface area (Å²) in [5.41, 5.74) is -0.632. The largest absolute Gasteiger partial charge is 0.479 e. The summed E-state index contributed by atoms with van der Waals surface area (Å²) in [5, 5.41) is 11.9. The molecule has 1 heterocycles. The molecule has 1 saturated carbocycles. The number of aliphatic carboxylic acids is 1. The first-order valence-electron chi connectivity index (χ1n) is 8.57. The Bertz CT molecular complexity index is 673. The Kier molecular flexibility index (Phi) is 5.03. The second-order valence-corrected chi connectivity index (χ2v) is 6.79. The summed E-state index contributed by atoms with van der Waals surface area (Å²) in [6.45, 7) is 0. The fourth-order valence-corrected chi connectivity index (χ4v) is 3.82. The molecule has 0 radical (unpaired) electrons. The highest BCUT2D eigenvalue weighted by Gasteiger charge is 2.41. The maximum Gasteiger partial charge on any atom is 0.332 e. The molecule has 2 aliphatic rings. The molecule has 2 N–H and O–H groups in total. The van der Waals surface area contributed by atoms with E-state index in [0.717, 1.165) is 25.3 Å². The van der Waals surface area contributed by atoms with Gasteiger partial charge in [0, 0.05) is 11.6 Å². The number of ether oxygens (including phenoxy) is 1. The minimum atomic E-state index is -1.09. The van der Waals surface area contributed by atoms with Gasteiger partial charge in [0.15, 0.2) is 6.10 Å². The molecule has 1 aromatic rings. The van der Waals surface area contributed by atoms with E-state index in [0.29, 0.717) is 19.3 Å². The molecule has 3 rings (SSSR count). The lowest BCUT2D eigenvalue weighted by Crippen LogP contribution is -2.51. The number of carbonyl (C=O) groups excluding carboxylic acids is 1. The second-order valence-electron chi connectivity index (χ2n) is 6.79. The molecule has 7 heteroatoms. The Morgan fingerprint density at radius 3 is 2.40 bits per heavy atom. The first kappa shape index (κ1) is 17.8. The molecule has 0 unspecified atom stereocenters. The van der Waals surface area contributed by atoms with Crippen LogP contribution in [0.15, 0.2) is 18.2 Å². The predicted molar refractivity (Wildman–Crippen MR) is 84.8 cm³/mol. The minimum Gasteiger partial charge on any atom is -0.479 e. The van der Waals surface area contributed by atoms with E-state index in [2.05, 4.69) is 5.32 Å². The molecule has 1 aliphatic heterocycles. The average Bonchev–Trinajstić information content (AvgIpc) is 3.06. The van der Waals surface area contributed by atoms with Crippen LogP contribution < -0.4 is 5.32 Å². The molecule has 5 nitrogen and oxygen atoms in total. The number of nitrogens with one attached hydrogen (secondary N) is 1. The van der Waals surface area contributed by atoms with Gasteiger partial charge >= 0.3 is 5.97 Å². The third kappa shape index (κ3) is 3.66. The molecular weight excluding hydrogens is 332 g/mol. The SMILES string of the molecule is O=C(NC1(c2ccc(F)cc2F)CCCCC1)[C@@H]1CC[C@H](C(=O)O)O1. The molecule has 1 amide bonds. The number of benzene rings is 1. The molecule has 0 bridgehead atoms. The van der Waals surface area contributed by atoms with Crippen LogP contribution in [0.3, 0.4) is 0 Å². The highest BCUT2D eigenvalue weighted by molar-refractivity contribution is 5.83. The van der Waals surface area contributed by atoms with Crippen LogP contribution in [-0.4, -0.2) is 29.2 Å². The van der Waals surface area contributed by atoms with E-state index >= 15 is 0 Å². The van der Waals surface area contributed by atoms with Gasteiger partial charge in [0.25, 0.3) is 0 Å². The maximum absolute atomic E-state index is 14.4. The lowest BCUT2D eigenvalue weighted by molar-refractivity contribution is -0.152. The van der Waals surface area contributed by atoms with Crippen LogP contribution in [0, 0.1) is 11.6 Å². The van der Waals surface area contributed by atoms with Crippen LogP contribution in [0.2, 0.25) is 0 Å². The van der Waals surface area contributed by atoms with Gasteiger partial charge in [-0.05, 0) is 31.7 Å². The van der Waals surface area contributed by atoms with Crippen LogP contribution in [0.5, 0.6) is 0 Å². The summed E-state index contributed by atoms with van der Waals surface area (Å²) in [6.07, 6.45) is 2.47. The molecule has 2 fully saturated rings. The molecule has 1 saturated heterocycles. The summed E-state index contributed by atoms with van der Waals surface area (Å²) >= 11 is 0. The Balaban J connectivity index is 1.82. The van der Waals surface area contributed by atoms with Gasteiger partial charge in [-0.25, -0.2) is 13.6 Å². The van der Waals surface area contributed by atoms with E-state index in [-0.39, 0.29) is 12.0 Å². The van der Waals surface area contributed by atoms with Crippen molar-refractivity contribution >= 4 is 11.9 Å². The topological polar surface area (TPSA) is 75.6 Å². The molecule has 25 heavy (non-hydrogen) atoms. The molecule has 2 atom stereocenters. The fourth-order valence-electron chi connectivity index (χ4n) is 3.82. The highest BCUT2D eigenvalue weighted by atomic mass is 19.1. The van der Waals surface area contributed by atoms with Crippen molar-refractivity contribution in [3.63, 3.8) is 0 Å². The van der Waals surface area contributed by atoms with Crippen molar-refractivity contribution < 1.29 is 28.2 Å². The lowest BCUT2D eigenvalue weighted by atomic mass is 9.76. The van der Waals surface area contributed by atoms with Crippen LogP contribution in [0.1, 0.15) is 50.5 Å². The molecule has 1 aliphatic carbocycles. The van der Waals surface area contributed by atoms with Gasteiger partial charge in [0.2, 0.25) is 5.91 Å². The molecule has 0 spiro atoms. The van der Waals surface area contributed by atoms with Gasteiger partial charge in [0.1, 0.15) is 17.7 Å². The van der Waals surface area contributed by atoms with Crippen molar-refractivity contribution in [2.45, 2.75) is 62.7 Å². The smallest absolute Gasteiger partial charge is 0.332 e. The third-order valence-corrected chi connectivity index (χ3v) is 5.10. The first-order valence-corrected chi connectivity index (χ1v) is 8.57. The maximum atomic E-state index is 14.4. The number of rotatable bonds is 4. The number of amides is 1. The minimum absolute atomic E-state index is 0.269. The zero-order valence-corrected chi connectivity index (χ0v) is 13.8. The van der Waals surface area contributed by atoms with Gasteiger partial charge < -0.3 is 15.2 Å². The highest BCUT2D eigenvalue weighted by Crippen LogP contribution is 2.39. The Morgan fingerprint density at radius 1 is 1.12 bits per heavy atom. The number of hydrogen-bond acceptors (Lipinski definition) is 3. The predicted octanol–water partition coefficient (Wildman–Crippen LogP) is 2.87. The van der Waals surface area contributed by atoms with Gasteiger partial charge in [-0.1, -0.05) is 25.3 Å². The van der Waals surface area contributed by atoms with Crippen LogP contribution in [0.25, 0.3) is 0 Å². The summed E-state index contributed by atoms with van der Waals surface area (Å²) in [4.78, 5) is 23.6. The first-order chi connectivity index (χ1) is 11.9. The summed E-state index contributed by atoms with van der Waals surface area (Å²) in [7, 11) is 0. The van der Waals surface area contributed by atoms with Gasteiger partial charge in [-0.15, -0.1) is 0 Å². The van der Waals surface area contributed by atoms with Crippen molar-refractivity contribution in [3.8, 4) is 0 Å². The van der Waals surface area contributed by atoms with E-state index in [1.165, 1.54) is 12.1 Å². The van der Waals surface area contributed by atoms with E-state index in [4.69, 9.17) is 9.84 Å². The van der Waals surface area contributed by atoms with Gasteiger partial charge in [-0.3, -0.25) is 4.79 Å². The van der Waals surface area contributed by atoms with E-state index in [1.54, 1.807) is 0 Å². The van der Waals surface area contributed by atoms with Crippen LogP contribution >= 0.6 is 0 Å². The second kappa shape index (κ2) is 7.07. The molecular formula is C18H21F2NO4. The van der Waals surface area contributed by atoms with Gasteiger partial charge in [0.05, 0.1) is 5.54 Å². The Morgan fingerprint density at radius 2 is 1.80 bits per heavy atom. The number of halogens is 2. The third-order valence-electron chi connectivity index (χ3n) is 5.10. The summed E-state index contributed by atoms with van der Waals surface area (Å²) in [5.74, 6) is -2.87. The molecule has 1 aromatic carbocycles. The van der Waals surface area contributed by atoms with Crippen molar-refractivity contribution in [2.24, 2.45) is 0 Å². The van der Waals surface area contributed by atoms with Gasteiger partial charge in [-0.2, -0.15) is 0 Å². The summed E-state index contributed by atoms with van der Waals surface area (Å²) in [6, 6.07) is 3.39. The fraction of sp³-hybridized carbons (Fsp3) is 0.556. The number of hydrogen-bond donors (Lipinski definition) is 2. The number of carboxylic acids is 1. The lowest BCUT2D eigenvalue weighted by Gasteiger charge is -2.39. The van der Waals surface area contributed by atoms with Crippen molar-refractivity contribution in [2.75, 3.05) is 0 Å². The van der Waals surface area contributed by atoms with Crippen LogP contribution in [0.4, 0.5) is 8.78 Å². The zero-order valence-electron chi connectivity index (χ0n) is 13.8. The number of carbonyl (C=O) groups is 2. The molecule has 0 aromatic heterocycles. The van der Waals surface area contributed by atoms with Crippen molar-refractivity contribution in [3.05, 3.63) is 35.4 Å². The zero-order chi connectivity index (χ0) is 18.0. The van der Waals surface area contributed by atoms with E-state index in [1.807, 2.05) is 0 Å². The van der Waals surface area contributed by atoms with Crippen molar-refractivity contribution in [1.29, 1.82) is 0 Å². The quantitative estimate of drug-likeness (QED) is 0.873. The normalized spacial score (nSPS) is 25.5. The standard InChI is InChI=1S/C18H21F2NO4/c19-11-4-5-12(13(20)10-11)18(8-2-1-3-9-18)21-16(22)14-6-7-15(25-14)17(23)24/h4-5,10,14-15H,1-3,6-9H2,(H,21,22)(H,23,24)/t14-,15+/m0/s1. The number of carboxylic acid groups (broad SMARTS) is 1. The molecule has 136 valence electrons. The summed E-state index contributed by atoms with van der Waals surface area (Å²) < 4.78 is 32.9. The average molecular weight is 353 g/mol. The Labute approximate surface area is 144 Å². The van der Waals surface area contributed by atoms with Crippen LogP contribution in [-0.2, 0) is 19.9 Å². The van der Waals surface area contributed by atoms with Crippen molar-refractivity contribution in [1.82, 2.24) is 5.32 Å². The Hall–Kier alpha value is -2.02. The van der Waals surface area contributed by atoms with E-state index < -0.39 is 41.3 Å². The van der Waals surface area contributed by atoms with E-state index in [9.17, 15) is 18.4 Å². The monoisotopic (exact) mass is 353 g/mol.